The van der Waals surface area contributed by atoms with Gasteiger partial charge < -0.3 is 14.2 Å². The summed E-state index contributed by atoms with van der Waals surface area (Å²) in [6.45, 7) is 7.45. The van der Waals surface area contributed by atoms with Gasteiger partial charge in [-0.15, -0.1) is 0 Å². The SMILES string of the molecule is CCOC(=O)[C@@H]1CC[C@@H](c2cccc(OC)c2)N1C(=O)OC(C)(C)C. The van der Waals surface area contributed by atoms with Gasteiger partial charge in [-0.25, -0.2) is 9.59 Å². The number of nitrogens with zero attached hydrogens (tertiary/aromatic N) is 1. The third-order valence-corrected chi connectivity index (χ3v) is 4.03. The van der Waals surface area contributed by atoms with Gasteiger partial charge in [-0.1, -0.05) is 12.1 Å². The van der Waals surface area contributed by atoms with Crippen LogP contribution >= 0.6 is 0 Å². The van der Waals surface area contributed by atoms with Crippen molar-refractivity contribution in [2.45, 2.75) is 58.2 Å². The van der Waals surface area contributed by atoms with E-state index in [1.54, 1.807) is 34.8 Å². The zero-order chi connectivity index (χ0) is 18.6. The first-order valence-electron chi connectivity index (χ1n) is 8.58. The molecular formula is C19H27NO5. The Balaban J connectivity index is 2.33. The second kappa shape index (κ2) is 7.76. The van der Waals surface area contributed by atoms with Gasteiger partial charge >= 0.3 is 12.1 Å². The number of ether oxygens (including phenoxy) is 3. The molecule has 0 N–H and O–H groups in total. The van der Waals surface area contributed by atoms with Crippen molar-refractivity contribution < 1.29 is 23.8 Å². The molecular weight excluding hydrogens is 322 g/mol. The van der Waals surface area contributed by atoms with Gasteiger partial charge in [0.1, 0.15) is 17.4 Å². The summed E-state index contributed by atoms with van der Waals surface area (Å²) >= 11 is 0. The first kappa shape index (κ1) is 19.1. The van der Waals surface area contributed by atoms with E-state index >= 15 is 0 Å². The summed E-state index contributed by atoms with van der Waals surface area (Å²) in [5, 5.41) is 0. The van der Waals surface area contributed by atoms with Crippen LogP contribution in [0.1, 0.15) is 52.1 Å². The number of amides is 1. The molecule has 6 nitrogen and oxygen atoms in total. The monoisotopic (exact) mass is 349 g/mol. The summed E-state index contributed by atoms with van der Waals surface area (Å²) in [7, 11) is 1.60. The largest absolute Gasteiger partial charge is 0.497 e. The van der Waals surface area contributed by atoms with E-state index in [1.807, 2.05) is 24.3 Å². The van der Waals surface area contributed by atoms with Crippen LogP contribution < -0.4 is 4.74 Å². The highest BCUT2D eigenvalue weighted by Crippen LogP contribution is 2.38. The summed E-state index contributed by atoms with van der Waals surface area (Å²) < 4.78 is 16.0. The summed E-state index contributed by atoms with van der Waals surface area (Å²) in [5.74, 6) is 0.319. The lowest BCUT2D eigenvalue weighted by molar-refractivity contribution is -0.148. The molecule has 2 atom stereocenters. The molecule has 0 unspecified atom stereocenters. The number of benzene rings is 1. The minimum Gasteiger partial charge on any atom is -0.497 e. The van der Waals surface area contributed by atoms with Gasteiger partial charge in [0.2, 0.25) is 0 Å². The molecule has 0 radical (unpaired) electrons. The predicted molar refractivity (Wildman–Crippen MR) is 93.5 cm³/mol. The maximum atomic E-state index is 12.8. The fourth-order valence-corrected chi connectivity index (χ4v) is 3.03. The molecule has 1 amide bonds. The third-order valence-electron chi connectivity index (χ3n) is 4.03. The second-order valence-electron chi connectivity index (χ2n) is 7.03. The molecule has 1 aliphatic rings. The van der Waals surface area contributed by atoms with E-state index in [0.29, 0.717) is 18.6 Å². The topological polar surface area (TPSA) is 65.1 Å². The number of methoxy groups -OCH3 is 1. The molecule has 25 heavy (non-hydrogen) atoms. The molecule has 0 aromatic heterocycles. The van der Waals surface area contributed by atoms with Gasteiger partial charge in [-0.05, 0) is 58.2 Å². The fourth-order valence-electron chi connectivity index (χ4n) is 3.03. The highest BCUT2D eigenvalue weighted by molar-refractivity contribution is 5.82. The molecule has 1 heterocycles. The molecule has 0 bridgehead atoms. The van der Waals surface area contributed by atoms with Crippen molar-refractivity contribution in [2.75, 3.05) is 13.7 Å². The van der Waals surface area contributed by atoms with E-state index in [0.717, 1.165) is 5.56 Å². The molecule has 138 valence electrons. The van der Waals surface area contributed by atoms with Crippen molar-refractivity contribution in [3.05, 3.63) is 29.8 Å². The van der Waals surface area contributed by atoms with Crippen LogP contribution in [0, 0.1) is 0 Å². The van der Waals surface area contributed by atoms with E-state index in [1.165, 1.54) is 4.90 Å². The summed E-state index contributed by atoms with van der Waals surface area (Å²) in [5.41, 5.74) is 0.273. The maximum absolute atomic E-state index is 12.8. The Labute approximate surface area is 149 Å². The minimum atomic E-state index is -0.641. The number of hydrogen-bond donors (Lipinski definition) is 0. The molecule has 1 aliphatic heterocycles. The average Bonchev–Trinajstić information content (AvgIpc) is 2.99. The van der Waals surface area contributed by atoms with Crippen LogP contribution in [0.3, 0.4) is 0 Å². The van der Waals surface area contributed by atoms with E-state index in [4.69, 9.17) is 14.2 Å². The lowest BCUT2D eigenvalue weighted by Crippen LogP contribution is -2.45. The van der Waals surface area contributed by atoms with Crippen LogP contribution in [0.5, 0.6) is 5.75 Å². The second-order valence-corrected chi connectivity index (χ2v) is 7.03. The highest BCUT2D eigenvalue weighted by Gasteiger charge is 2.44. The quantitative estimate of drug-likeness (QED) is 0.776. The van der Waals surface area contributed by atoms with Gasteiger partial charge in [-0.3, -0.25) is 4.90 Å². The zero-order valence-electron chi connectivity index (χ0n) is 15.6. The lowest BCUT2D eigenvalue weighted by atomic mass is 10.0. The summed E-state index contributed by atoms with van der Waals surface area (Å²) in [6, 6.07) is 6.65. The van der Waals surface area contributed by atoms with Gasteiger partial charge in [0, 0.05) is 0 Å². The van der Waals surface area contributed by atoms with E-state index in [2.05, 4.69) is 0 Å². The molecule has 0 spiro atoms. The number of carbonyl (C=O) groups is 2. The number of hydrogen-bond acceptors (Lipinski definition) is 5. The first-order chi connectivity index (χ1) is 11.8. The Hall–Kier alpha value is -2.24. The summed E-state index contributed by atoms with van der Waals surface area (Å²) in [6.07, 6.45) is 0.700. The Kier molecular flexibility index (Phi) is 5.93. The van der Waals surface area contributed by atoms with E-state index in [9.17, 15) is 9.59 Å². The maximum Gasteiger partial charge on any atom is 0.411 e. The fraction of sp³-hybridized carbons (Fsp3) is 0.579. The van der Waals surface area contributed by atoms with Crippen molar-refractivity contribution in [3.8, 4) is 5.75 Å². The Morgan fingerprint density at radius 1 is 1.24 bits per heavy atom. The van der Waals surface area contributed by atoms with Crippen LogP contribution in [0.2, 0.25) is 0 Å². The van der Waals surface area contributed by atoms with Crippen molar-refractivity contribution in [1.29, 1.82) is 0 Å². The number of likely N-dealkylation sites (tertiary alicyclic amines) is 1. The normalized spacial score (nSPS) is 20.3. The molecule has 1 fully saturated rings. The zero-order valence-corrected chi connectivity index (χ0v) is 15.6. The van der Waals surface area contributed by atoms with Crippen LogP contribution in [-0.2, 0) is 14.3 Å². The minimum absolute atomic E-state index is 0.251. The Bertz CT molecular complexity index is 622. The van der Waals surface area contributed by atoms with Crippen LogP contribution in [-0.4, -0.2) is 42.3 Å². The third kappa shape index (κ3) is 4.65. The van der Waals surface area contributed by atoms with Gasteiger partial charge in [0.05, 0.1) is 19.8 Å². The van der Waals surface area contributed by atoms with Gasteiger partial charge in [-0.2, -0.15) is 0 Å². The average molecular weight is 349 g/mol. The van der Waals surface area contributed by atoms with Crippen molar-refractivity contribution in [1.82, 2.24) is 4.90 Å². The van der Waals surface area contributed by atoms with Crippen molar-refractivity contribution >= 4 is 12.1 Å². The molecule has 1 aromatic carbocycles. The molecule has 2 rings (SSSR count). The van der Waals surface area contributed by atoms with Gasteiger partial charge in [0.25, 0.3) is 0 Å². The van der Waals surface area contributed by atoms with Crippen molar-refractivity contribution in [2.24, 2.45) is 0 Å². The Morgan fingerprint density at radius 3 is 2.56 bits per heavy atom. The van der Waals surface area contributed by atoms with Crippen LogP contribution in [0.25, 0.3) is 0 Å². The van der Waals surface area contributed by atoms with Crippen LogP contribution in [0.15, 0.2) is 24.3 Å². The molecule has 1 saturated heterocycles. The standard InChI is InChI=1S/C19H27NO5/c1-6-24-17(21)16-11-10-15(13-8-7-9-14(12-13)23-5)20(16)18(22)25-19(2,3)4/h7-9,12,15-16H,6,10-11H2,1-5H3/t15-,16-/m0/s1. The number of carbonyl (C=O) groups excluding carboxylic acids is 2. The molecule has 6 heteroatoms. The number of esters is 1. The van der Waals surface area contributed by atoms with Gasteiger partial charge in [0.15, 0.2) is 0 Å². The summed E-state index contributed by atoms with van der Waals surface area (Å²) in [4.78, 5) is 26.6. The molecule has 1 aromatic rings. The first-order valence-corrected chi connectivity index (χ1v) is 8.58. The Morgan fingerprint density at radius 2 is 1.96 bits per heavy atom. The molecule has 0 aliphatic carbocycles. The lowest BCUT2D eigenvalue weighted by Gasteiger charge is -2.32. The predicted octanol–water partition coefficient (Wildman–Crippen LogP) is 3.70. The van der Waals surface area contributed by atoms with E-state index < -0.39 is 23.7 Å². The smallest absolute Gasteiger partial charge is 0.411 e. The molecule has 0 saturated carbocycles. The van der Waals surface area contributed by atoms with Crippen LogP contribution in [0.4, 0.5) is 4.79 Å². The van der Waals surface area contributed by atoms with Crippen molar-refractivity contribution in [3.63, 3.8) is 0 Å². The highest BCUT2D eigenvalue weighted by atomic mass is 16.6. The number of rotatable bonds is 4. The van der Waals surface area contributed by atoms with E-state index in [-0.39, 0.29) is 12.6 Å².